The van der Waals surface area contributed by atoms with Gasteiger partial charge in [-0.05, 0) is 26.2 Å². The normalized spacial score (nSPS) is 34.6. The molecule has 0 spiro atoms. The average molecular weight is 184 g/mol. The molecule has 0 radical (unpaired) electrons. The van der Waals surface area contributed by atoms with Crippen molar-refractivity contribution < 1.29 is 14.7 Å². The summed E-state index contributed by atoms with van der Waals surface area (Å²) in [6, 6.07) is 0. The van der Waals surface area contributed by atoms with Crippen molar-refractivity contribution in [1.29, 1.82) is 0 Å². The van der Waals surface area contributed by atoms with Crippen LogP contribution in [0.5, 0.6) is 0 Å². The highest BCUT2D eigenvalue weighted by Crippen LogP contribution is 2.38. The fraction of sp³-hybridized carbons (Fsp3) is 0.800. The third-order valence-electron chi connectivity index (χ3n) is 3.08. The largest absolute Gasteiger partial charge is 0.481 e. The maximum Gasteiger partial charge on any atom is 0.309 e. The second-order valence-corrected chi connectivity index (χ2v) is 4.14. The predicted octanol–water partition coefficient (Wildman–Crippen LogP) is 1.86. The highest BCUT2D eigenvalue weighted by Gasteiger charge is 2.41. The van der Waals surface area contributed by atoms with Crippen LogP contribution in [0.15, 0.2) is 0 Å². The van der Waals surface area contributed by atoms with Gasteiger partial charge in [0.25, 0.3) is 0 Å². The molecule has 1 N–H and O–H groups in total. The van der Waals surface area contributed by atoms with Crippen LogP contribution in [0.25, 0.3) is 0 Å². The molecule has 0 aromatic carbocycles. The minimum atomic E-state index is -0.765. The summed E-state index contributed by atoms with van der Waals surface area (Å²) in [6.45, 7) is 3.68. The van der Waals surface area contributed by atoms with E-state index in [2.05, 4.69) is 0 Å². The molecule has 3 heteroatoms. The van der Waals surface area contributed by atoms with Crippen LogP contribution >= 0.6 is 0 Å². The summed E-state index contributed by atoms with van der Waals surface area (Å²) in [6.07, 6.45) is 2.21. The van der Waals surface area contributed by atoms with E-state index in [4.69, 9.17) is 5.11 Å². The van der Waals surface area contributed by atoms with Gasteiger partial charge in [0.05, 0.1) is 5.41 Å². The zero-order valence-corrected chi connectivity index (χ0v) is 8.17. The SMILES string of the molecule is CCC1CC(C)(C(=O)O)CCC1=O. The van der Waals surface area contributed by atoms with Crippen LogP contribution in [0, 0.1) is 11.3 Å². The molecule has 0 amide bonds. The van der Waals surface area contributed by atoms with Crippen molar-refractivity contribution in [3.63, 3.8) is 0 Å². The molecule has 0 aromatic heterocycles. The molecule has 74 valence electrons. The number of hydrogen-bond acceptors (Lipinski definition) is 2. The van der Waals surface area contributed by atoms with E-state index in [1.807, 2.05) is 6.92 Å². The van der Waals surface area contributed by atoms with Crippen LogP contribution in [-0.4, -0.2) is 16.9 Å². The lowest BCUT2D eigenvalue weighted by Gasteiger charge is -2.33. The second-order valence-electron chi connectivity index (χ2n) is 4.14. The van der Waals surface area contributed by atoms with Gasteiger partial charge in [0.15, 0.2) is 0 Å². The summed E-state index contributed by atoms with van der Waals surface area (Å²) in [5.74, 6) is -0.561. The van der Waals surface area contributed by atoms with Crippen LogP contribution in [0.2, 0.25) is 0 Å². The third kappa shape index (κ3) is 1.90. The fourth-order valence-corrected chi connectivity index (χ4v) is 1.93. The van der Waals surface area contributed by atoms with E-state index in [9.17, 15) is 9.59 Å². The summed E-state index contributed by atoms with van der Waals surface area (Å²) >= 11 is 0. The molecule has 1 saturated carbocycles. The Kier molecular flexibility index (Phi) is 2.74. The number of aliphatic carboxylic acids is 1. The Hall–Kier alpha value is -0.860. The molecule has 3 nitrogen and oxygen atoms in total. The lowest BCUT2D eigenvalue weighted by Crippen LogP contribution is -2.37. The number of carbonyl (C=O) groups is 2. The molecule has 13 heavy (non-hydrogen) atoms. The highest BCUT2D eigenvalue weighted by atomic mass is 16.4. The number of carbonyl (C=O) groups excluding carboxylic acids is 1. The number of Topliss-reactive ketones (excluding diaryl/α,β-unsaturated/α-hetero) is 1. The number of ketones is 1. The van der Waals surface area contributed by atoms with Gasteiger partial charge < -0.3 is 5.11 Å². The Balaban J connectivity index is 2.74. The van der Waals surface area contributed by atoms with Crippen LogP contribution in [0.1, 0.15) is 39.5 Å². The molecular weight excluding hydrogens is 168 g/mol. The minimum Gasteiger partial charge on any atom is -0.481 e. The number of hydrogen-bond donors (Lipinski definition) is 1. The van der Waals surface area contributed by atoms with Gasteiger partial charge in [0.1, 0.15) is 5.78 Å². The van der Waals surface area contributed by atoms with Gasteiger partial charge in [0, 0.05) is 12.3 Å². The highest BCUT2D eigenvalue weighted by molar-refractivity contribution is 5.85. The minimum absolute atomic E-state index is 0.0325. The first kappa shape index (κ1) is 10.2. The summed E-state index contributed by atoms with van der Waals surface area (Å²) in [7, 11) is 0. The average Bonchev–Trinajstić information content (AvgIpc) is 2.09. The molecule has 1 rings (SSSR count). The number of carboxylic acids is 1. The van der Waals surface area contributed by atoms with Crippen molar-refractivity contribution >= 4 is 11.8 Å². The van der Waals surface area contributed by atoms with Gasteiger partial charge in [-0.25, -0.2) is 0 Å². The maximum atomic E-state index is 11.3. The first-order valence-corrected chi connectivity index (χ1v) is 4.75. The summed E-state index contributed by atoms with van der Waals surface area (Å²) in [4.78, 5) is 22.3. The molecule has 1 aliphatic carbocycles. The van der Waals surface area contributed by atoms with Gasteiger partial charge >= 0.3 is 5.97 Å². The second kappa shape index (κ2) is 3.48. The fourth-order valence-electron chi connectivity index (χ4n) is 1.93. The molecule has 0 heterocycles. The van der Waals surface area contributed by atoms with Gasteiger partial charge in [-0.1, -0.05) is 6.92 Å². The van der Waals surface area contributed by atoms with Crippen molar-refractivity contribution in [2.45, 2.75) is 39.5 Å². The van der Waals surface area contributed by atoms with Gasteiger partial charge in [-0.15, -0.1) is 0 Å². The summed E-state index contributed by atoms with van der Waals surface area (Å²) < 4.78 is 0. The van der Waals surface area contributed by atoms with Crippen molar-refractivity contribution in [2.75, 3.05) is 0 Å². The van der Waals surface area contributed by atoms with Crippen molar-refractivity contribution in [3.05, 3.63) is 0 Å². The Labute approximate surface area is 78.1 Å². The third-order valence-corrected chi connectivity index (χ3v) is 3.08. The molecule has 0 aromatic rings. The first-order chi connectivity index (χ1) is 5.99. The monoisotopic (exact) mass is 184 g/mol. The van der Waals surface area contributed by atoms with Crippen LogP contribution in [0.3, 0.4) is 0 Å². The van der Waals surface area contributed by atoms with Crippen LogP contribution < -0.4 is 0 Å². The van der Waals surface area contributed by atoms with Crippen molar-refractivity contribution in [2.24, 2.45) is 11.3 Å². The Morgan fingerprint density at radius 2 is 2.31 bits per heavy atom. The van der Waals surface area contributed by atoms with E-state index in [-0.39, 0.29) is 11.7 Å². The molecule has 2 atom stereocenters. The topological polar surface area (TPSA) is 54.4 Å². The predicted molar refractivity (Wildman–Crippen MR) is 48.4 cm³/mol. The summed E-state index contributed by atoms with van der Waals surface area (Å²) in [5, 5.41) is 8.99. The van der Waals surface area contributed by atoms with Gasteiger partial charge in [0.2, 0.25) is 0 Å². The zero-order chi connectivity index (χ0) is 10.1. The van der Waals surface area contributed by atoms with Gasteiger partial charge in [-0.3, -0.25) is 9.59 Å². The smallest absolute Gasteiger partial charge is 0.309 e. The van der Waals surface area contributed by atoms with E-state index >= 15 is 0 Å². The van der Waals surface area contributed by atoms with E-state index in [1.54, 1.807) is 6.92 Å². The van der Waals surface area contributed by atoms with Crippen molar-refractivity contribution in [1.82, 2.24) is 0 Å². The maximum absolute atomic E-state index is 11.3. The number of rotatable bonds is 2. The quantitative estimate of drug-likeness (QED) is 0.712. The molecule has 1 aliphatic rings. The van der Waals surface area contributed by atoms with E-state index in [0.29, 0.717) is 19.3 Å². The Morgan fingerprint density at radius 3 is 2.77 bits per heavy atom. The molecule has 1 fully saturated rings. The molecule has 0 bridgehead atoms. The zero-order valence-electron chi connectivity index (χ0n) is 8.17. The Bertz CT molecular complexity index is 232. The lowest BCUT2D eigenvalue weighted by atomic mass is 9.69. The van der Waals surface area contributed by atoms with Crippen molar-refractivity contribution in [3.8, 4) is 0 Å². The molecule has 0 aliphatic heterocycles. The van der Waals surface area contributed by atoms with Gasteiger partial charge in [-0.2, -0.15) is 0 Å². The molecule has 2 unspecified atom stereocenters. The lowest BCUT2D eigenvalue weighted by molar-refractivity contribution is -0.152. The standard InChI is InChI=1S/C10H16O3/c1-3-7-6-10(2,9(12)13)5-4-8(7)11/h7H,3-6H2,1-2H3,(H,12,13). The van der Waals surface area contributed by atoms with E-state index in [1.165, 1.54) is 0 Å². The van der Waals surface area contributed by atoms with E-state index in [0.717, 1.165) is 6.42 Å². The summed E-state index contributed by atoms with van der Waals surface area (Å²) in [5.41, 5.74) is -0.672. The number of carboxylic acid groups (broad SMARTS) is 1. The molecule has 0 saturated heterocycles. The van der Waals surface area contributed by atoms with Crippen LogP contribution in [0.4, 0.5) is 0 Å². The first-order valence-electron chi connectivity index (χ1n) is 4.75. The molecular formula is C10H16O3. The van der Waals surface area contributed by atoms with Crippen LogP contribution in [-0.2, 0) is 9.59 Å². The Morgan fingerprint density at radius 1 is 1.69 bits per heavy atom. The van der Waals surface area contributed by atoms with E-state index < -0.39 is 11.4 Å².